The lowest BCUT2D eigenvalue weighted by atomic mass is 9.99. The number of fused-ring (bicyclic) bond motifs is 1. The molecule has 0 aliphatic carbocycles. The molecular weight excluding hydrogens is 382 g/mol. The molecule has 4 rings (SSSR count). The second kappa shape index (κ2) is 8.40. The number of rotatable bonds is 5. The standard InChI is InChI=1S/C24H27NO5/c1-15-5-4-10-25(13-15)14-19-20(26)8-7-18-23(27)22(30-24(18)19)12-16-11-17(28-2)6-9-21(16)29-3/h6-9,11-12,15,26H,4-5,10,13-14H2,1-3H3/p+1/t15-/m0/s1. The fourth-order valence-electron chi connectivity index (χ4n) is 4.37. The number of carbonyl (C=O) groups excluding carboxylic acids is 1. The number of ketones is 1. The number of nitrogens with one attached hydrogen (secondary N) is 1. The summed E-state index contributed by atoms with van der Waals surface area (Å²) in [5, 5.41) is 10.5. The quantitative estimate of drug-likeness (QED) is 0.742. The maximum Gasteiger partial charge on any atom is 0.231 e. The number of piperidine rings is 1. The van der Waals surface area contributed by atoms with E-state index in [1.54, 1.807) is 50.6 Å². The van der Waals surface area contributed by atoms with Gasteiger partial charge in [-0.1, -0.05) is 6.92 Å². The fourth-order valence-corrected chi connectivity index (χ4v) is 4.37. The van der Waals surface area contributed by atoms with E-state index in [-0.39, 0.29) is 17.3 Å². The Hall–Kier alpha value is -2.99. The zero-order valence-corrected chi connectivity index (χ0v) is 17.7. The molecule has 2 aromatic rings. The second-order valence-electron chi connectivity index (χ2n) is 8.12. The number of methoxy groups -OCH3 is 2. The van der Waals surface area contributed by atoms with Gasteiger partial charge in [0.05, 0.1) is 38.4 Å². The van der Waals surface area contributed by atoms with E-state index in [0.717, 1.165) is 13.1 Å². The van der Waals surface area contributed by atoms with E-state index in [1.807, 2.05) is 0 Å². The van der Waals surface area contributed by atoms with Gasteiger partial charge in [0, 0.05) is 11.5 Å². The highest BCUT2D eigenvalue weighted by Crippen LogP contribution is 2.40. The molecule has 0 aromatic heterocycles. The average molecular weight is 410 g/mol. The zero-order valence-electron chi connectivity index (χ0n) is 17.7. The van der Waals surface area contributed by atoms with E-state index in [9.17, 15) is 9.90 Å². The topological polar surface area (TPSA) is 69.4 Å². The highest BCUT2D eigenvalue weighted by Gasteiger charge is 2.33. The van der Waals surface area contributed by atoms with Gasteiger partial charge in [0.1, 0.15) is 23.8 Å². The molecule has 6 heteroatoms. The summed E-state index contributed by atoms with van der Waals surface area (Å²) in [4.78, 5) is 14.4. The summed E-state index contributed by atoms with van der Waals surface area (Å²) in [5.74, 6) is 2.60. The van der Waals surface area contributed by atoms with Crippen LogP contribution in [0.2, 0.25) is 0 Å². The first-order valence-electron chi connectivity index (χ1n) is 10.3. The first kappa shape index (κ1) is 20.3. The Labute approximate surface area is 176 Å². The molecule has 2 N–H and O–H groups in total. The Morgan fingerprint density at radius 1 is 1.23 bits per heavy atom. The molecule has 1 fully saturated rings. The van der Waals surface area contributed by atoms with Crippen molar-refractivity contribution in [3.05, 3.63) is 52.8 Å². The Kier molecular flexibility index (Phi) is 5.68. The number of Topliss-reactive ketones (excluding diaryl/α,β-unsaturated/α-hetero) is 1. The zero-order chi connectivity index (χ0) is 21.3. The molecule has 2 atom stereocenters. The molecule has 0 bridgehead atoms. The van der Waals surface area contributed by atoms with Gasteiger partial charge < -0.3 is 24.2 Å². The molecule has 1 unspecified atom stereocenters. The molecule has 0 spiro atoms. The Bertz CT molecular complexity index is 997. The van der Waals surface area contributed by atoms with Gasteiger partial charge >= 0.3 is 0 Å². The predicted octanol–water partition coefficient (Wildman–Crippen LogP) is 2.84. The molecule has 6 nitrogen and oxygen atoms in total. The van der Waals surface area contributed by atoms with Crippen molar-refractivity contribution in [1.82, 2.24) is 0 Å². The number of quaternary nitrogens is 1. The first-order chi connectivity index (χ1) is 14.5. The van der Waals surface area contributed by atoms with Crippen LogP contribution < -0.4 is 19.1 Å². The normalized spacial score (nSPS) is 22.0. The molecule has 2 aliphatic rings. The number of phenolic OH excluding ortho intramolecular Hbond substituents is 1. The third-order valence-electron chi connectivity index (χ3n) is 5.93. The third kappa shape index (κ3) is 3.87. The largest absolute Gasteiger partial charge is 0.507 e. The van der Waals surface area contributed by atoms with Gasteiger partial charge in [0.2, 0.25) is 5.78 Å². The Balaban J connectivity index is 1.67. The van der Waals surface area contributed by atoms with Gasteiger partial charge in [-0.05, 0) is 49.2 Å². The molecule has 0 amide bonds. The number of hydrogen-bond acceptors (Lipinski definition) is 5. The van der Waals surface area contributed by atoms with Crippen molar-refractivity contribution in [1.29, 1.82) is 0 Å². The van der Waals surface area contributed by atoms with Gasteiger partial charge in [-0.2, -0.15) is 0 Å². The summed E-state index contributed by atoms with van der Waals surface area (Å²) < 4.78 is 16.7. The molecule has 1 saturated heterocycles. The number of phenols is 1. The van der Waals surface area contributed by atoms with Gasteiger partial charge in [-0.15, -0.1) is 0 Å². The van der Waals surface area contributed by atoms with Crippen LogP contribution in [0.25, 0.3) is 6.08 Å². The van der Waals surface area contributed by atoms with Crippen molar-refractivity contribution in [2.24, 2.45) is 5.92 Å². The summed E-state index contributed by atoms with van der Waals surface area (Å²) >= 11 is 0. The van der Waals surface area contributed by atoms with Crippen molar-refractivity contribution < 1.29 is 29.0 Å². The number of hydrogen-bond donors (Lipinski definition) is 2. The number of allylic oxidation sites excluding steroid dienone is 1. The van der Waals surface area contributed by atoms with E-state index in [1.165, 1.54) is 17.7 Å². The lowest BCUT2D eigenvalue weighted by molar-refractivity contribution is -0.922. The first-order valence-corrected chi connectivity index (χ1v) is 10.3. The maximum atomic E-state index is 13.0. The molecule has 2 aliphatic heterocycles. The Morgan fingerprint density at radius 3 is 2.80 bits per heavy atom. The summed E-state index contributed by atoms with van der Waals surface area (Å²) in [7, 11) is 3.17. The van der Waals surface area contributed by atoms with Crippen molar-refractivity contribution >= 4 is 11.9 Å². The second-order valence-corrected chi connectivity index (χ2v) is 8.12. The SMILES string of the molecule is COc1ccc(OC)c(C=C2Oc3c(ccc(O)c3C[NH+]3CCC[C@H](C)C3)C2=O)c1. The Morgan fingerprint density at radius 2 is 2.07 bits per heavy atom. The van der Waals surface area contributed by atoms with Crippen LogP contribution in [0.3, 0.4) is 0 Å². The minimum Gasteiger partial charge on any atom is -0.507 e. The van der Waals surface area contributed by atoms with Gasteiger partial charge in [0.15, 0.2) is 11.5 Å². The number of benzene rings is 2. The highest BCUT2D eigenvalue weighted by atomic mass is 16.5. The molecular formula is C24H28NO5+. The summed E-state index contributed by atoms with van der Waals surface area (Å²) in [6, 6.07) is 8.61. The van der Waals surface area contributed by atoms with Gasteiger partial charge in [-0.25, -0.2) is 0 Å². The lowest BCUT2D eigenvalue weighted by Gasteiger charge is -2.28. The molecule has 30 heavy (non-hydrogen) atoms. The number of likely N-dealkylation sites (tertiary alicyclic amines) is 1. The van der Waals surface area contributed by atoms with Crippen molar-refractivity contribution in [2.45, 2.75) is 26.3 Å². The van der Waals surface area contributed by atoms with E-state index in [4.69, 9.17) is 14.2 Å². The summed E-state index contributed by atoms with van der Waals surface area (Å²) in [6.45, 7) is 5.02. The fraction of sp³-hybridized carbons (Fsp3) is 0.375. The molecule has 158 valence electrons. The van der Waals surface area contributed by atoms with Crippen LogP contribution in [0.5, 0.6) is 23.0 Å². The van der Waals surface area contributed by atoms with Crippen LogP contribution in [-0.2, 0) is 6.54 Å². The lowest BCUT2D eigenvalue weighted by Crippen LogP contribution is -3.12. The number of aromatic hydroxyl groups is 1. The van der Waals surface area contributed by atoms with Crippen LogP contribution in [0.4, 0.5) is 0 Å². The maximum absolute atomic E-state index is 13.0. The summed E-state index contributed by atoms with van der Waals surface area (Å²) in [6.07, 6.45) is 4.08. The summed E-state index contributed by atoms with van der Waals surface area (Å²) in [5.41, 5.74) is 1.88. The monoisotopic (exact) mass is 410 g/mol. The number of carbonyl (C=O) groups is 1. The number of ether oxygens (including phenoxy) is 3. The smallest absolute Gasteiger partial charge is 0.231 e. The molecule has 0 saturated carbocycles. The van der Waals surface area contributed by atoms with E-state index >= 15 is 0 Å². The third-order valence-corrected chi connectivity index (χ3v) is 5.93. The van der Waals surface area contributed by atoms with E-state index < -0.39 is 0 Å². The average Bonchev–Trinajstić information content (AvgIpc) is 3.06. The van der Waals surface area contributed by atoms with Crippen molar-refractivity contribution in [3.63, 3.8) is 0 Å². The highest BCUT2D eigenvalue weighted by molar-refractivity contribution is 6.15. The predicted molar refractivity (Wildman–Crippen MR) is 113 cm³/mol. The van der Waals surface area contributed by atoms with Gasteiger partial charge in [-0.3, -0.25) is 4.79 Å². The van der Waals surface area contributed by atoms with Crippen LogP contribution in [-0.4, -0.2) is 38.2 Å². The minimum atomic E-state index is -0.196. The van der Waals surface area contributed by atoms with Crippen molar-refractivity contribution in [3.8, 4) is 23.0 Å². The molecule has 0 radical (unpaired) electrons. The molecule has 2 heterocycles. The van der Waals surface area contributed by atoms with E-state index in [2.05, 4.69) is 6.92 Å². The van der Waals surface area contributed by atoms with Crippen LogP contribution in [0.1, 0.15) is 41.3 Å². The van der Waals surface area contributed by atoms with Crippen LogP contribution >= 0.6 is 0 Å². The molecule has 2 aromatic carbocycles. The minimum absolute atomic E-state index is 0.174. The van der Waals surface area contributed by atoms with E-state index in [0.29, 0.717) is 46.4 Å². The van der Waals surface area contributed by atoms with Crippen LogP contribution in [0, 0.1) is 5.92 Å². The van der Waals surface area contributed by atoms with Gasteiger partial charge in [0.25, 0.3) is 0 Å². The van der Waals surface area contributed by atoms with Crippen LogP contribution in [0.15, 0.2) is 36.1 Å². The van der Waals surface area contributed by atoms with Crippen molar-refractivity contribution in [2.75, 3.05) is 27.3 Å².